The Hall–Kier alpha value is -1.85. The molecule has 2 atom stereocenters. The zero-order valence-electron chi connectivity index (χ0n) is 12.1. The molecule has 0 bridgehead atoms. The van der Waals surface area contributed by atoms with E-state index in [9.17, 15) is 14.2 Å². The molecular weight excluding hydrogens is 331 g/mol. The van der Waals surface area contributed by atoms with Gasteiger partial charge in [-0.05, 0) is 12.2 Å². The Kier molecular flexibility index (Phi) is 7.48. The SMILES string of the molecule is C=Cc1cn(C2C=CC(OCP(=O)(O)O)O2)c(=O)[nH]c1=O.N.N. The van der Waals surface area contributed by atoms with Gasteiger partial charge in [-0.1, -0.05) is 12.7 Å². The van der Waals surface area contributed by atoms with Gasteiger partial charge in [0.05, 0.1) is 5.56 Å². The summed E-state index contributed by atoms with van der Waals surface area (Å²) in [6.45, 7) is 3.46. The second-order valence-electron chi connectivity index (χ2n) is 4.20. The lowest BCUT2D eigenvalue weighted by molar-refractivity contribution is -0.127. The number of nitrogens with zero attached hydrogens (tertiary/aromatic N) is 1. The number of hydrogen-bond acceptors (Lipinski definition) is 7. The summed E-state index contributed by atoms with van der Waals surface area (Å²) < 4.78 is 22.0. The minimum absolute atomic E-state index is 0. The smallest absolute Gasteiger partial charge is 0.344 e. The number of nitrogens with one attached hydrogen (secondary N) is 1. The Bertz CT molecular complexity index is 735. The fourth-order valence-electron chi connectivity index (χ4n) is 1.67. The Morgan fingerprint density at radius 1 is 1.39 bits per heavy atom. The first-order chi connectivity index (χ1) is 9.80. The summed E-state index contributed by atoms with van der Waals surface area (Å²) in [6, 6.07) is 0. The molecule has 0 radical (unpaired) electrons. The topological polar surface area (TPSA) is 201 Å². The van der Waals surface area contributed by atoms with E-state index in [1.165, 1.54) is 24.4 Å². The van der Waals surface area contributed by atoms with Crippen LogP contribution in [0.2, 0.25) is 0 Å². The molecule has 23 heavy (non-hydrogen) atoms. The Balaban J connectivity index is 0.00000242. The van der Waals surface area contributed by atoms with E-state index in [0.717, 1.165) is 4.57 Å². The van der Waals surface area contributed by atoms with Crippen LogP contribution in [-0.2, 0) is 14.0 Å². The number of hydrogen-bond donors (Lipinski definition) is 5. The average molecular weight is 350 g/mol. The van der Waals surface area contributed by atoms with E-state index in [1.54, 1.807) is 0 Å². The van der Waals surface area contributed by atoms with E-state index in [0.29, 0.717) is 0 Å². The summed E-state index contributed by atoms with van der Waals surface area (Å²) in [6.07, 6.45) is 2.79. The van der Waals surface area contributed by atoms with Crippen molar-refractivity contribution < 1.29 is 23.8 Å². The van der Waals surface area contributed by atoms with Crippen molar-refractivity contribution >= 4 is 13.7 Å². The van der Waals surface area contributed by atoms with Gasteiger partial charge in [-0.2, -0.15) is 0 Å². The van der Waals surface area contributed by atoms with Gasteiger partial charge in [0.1, 0.15) is 0 Å². The Morgan fingerprint density at radius 2 is 2.04 bits per heavy atom. The summed E-state index contributed by atoms with van der Waals surface area (Å²) >= 11 is 0. The average Bonchev–Trinajstić information content (AvgIpc) is 2.84. The second kappa shape index (κ2) is 8.13. The summed E-state index contributed by atoms with van der Waals surface area (Å²) in [5.74, 6) is 0. The van der Waals surface area contributed by atoms with Crippen LogP contribution < -0.4 is 23.6 Å². The van der Waals surface area contributed by atoms with Crippen molar-refractivity contribution in [1.82, 2.24) is 21.9 Å². The number of H-pyrrole nitrogens is 1. The van der Waals surface area contributed by atoms with Crippen molar-refractivity contribution in [1.29, 1.82) is 0 Å². The molecule has 0 saturated heterocycles. The van der Waals surface area contributed by atoms with E-state index in [4.69, 9.17) is 19.3 Å². The highest BCUT2D eigenvalue weighted by molar-refractivity contribution is 7.51. The molecule has 0 aromatic carbocycles. The largest absolute Gasteiger partial charge is 0.351 e. The standard InChI is InChI=1S/C11H13N2O7P.2H3N/c1-2-7-5-13(11(15)12-10(7)14)8-3-4-9(20-8)19-6-21(16,17)18;;/h2-5,8-9H,1,6H2,(H,12,14,15)(H2,16,17,18);2*1H3. The van der Waals surface area contributed by atoms with Gasteiger partial charge in [0.2, 0.25) is 0 Å². The molecule has 2 unspecified atom stereocenters. The molecule has 2 heterocycles. The third-order valence-electron chi connectivity index (χ3n) is 2.60. The van der Waals surface area contributed by atoms with Crippen LogP contribution in [0.3, 0.4) is 0 Å². The maximum absolute atomic E-state index is 11.7. The fourth-order valence-corrected chi connectivity index (χ4v) is 2.01. The van der Waals surface area contributed by atoms with Gasteiger partial charge in [0.25, 0.3) is 5.56 Å². The van der Waals surface area contributed by atoms with Crippen LogP contribution in [0.5, 0.6) is 0 Å². The molecule has 12 heteroatoms. The lowest BCUT2D eigenvalue weighted by Crippen LogP contribution is -2.33. The van der Waals surface area contributed by atoms with Crippen LogP contribution in [0.1, 0.15) is 11.8 Å². The zero-order valence-corrected chi connectivity index (χ0v) is 13.0. The number of ether oxygens (including phenoxy) is 2. The Morgan fingerprint density at radius 3 is 2.61 bits per heavy atom. The molecule has 0 spiro atoms. The molecule has 0 aliphatic carbocycles. The quantitative estimate of drug-likeness (QED) is 0.359. The molecule has 11 nitrogen and oxygen atoms in total. The molecule has 0 fully saturated rings. The molecule has 0 amide bonds. The van der Waals surface area contributed by atoms with Gasteiger partial charge >= 0.3 is 13.3 Å². The molecule has 9 N–H and O–H groups in total. The van der Waals surface area contributed by atoms with Gasteiger partial charge < -0.3 is 31.6 Å². The first-order valence-electron chi connectivity index (χ1n) is 5.78. The summed E-state index contributed by atoms with van der Waals surface area (Å²) in [5, 5.41) is 0. The van der Waals surface area contributed by atoms with Crippen molar-refractivity contribution in [3.63, 3.8) is 0 Å². The van der Waals surface area contributed by atoms with Crippen molar-refractivity contribution in [3.8, 4) is 0 Å². The van der Waals surface area contributed by atoms with Crippen molar-refractivity contribution in [2.24, 2.45) is 0 Å². The summed E-state index contributed by atoms with van der Waals surface area (Å²) in [7, 11) is -4.30. The van der Waals surface area contributed by atoms with Crippen LogP contribution in [0.4, 0.5) is 0 Å². The van der Waals surface area contributed by atoms with Crippen LogP contribution in [0, 0.1) is 0 Å². The highest BCUT2D eigenvalue weighted by Gasteiger charge is 2.25. The maximum Gasteiger partial charge on any atom is 0.351 e. The first-order valence-corrected chi connectivity index (χ1v) is 7.58. The van der Waals surface area contributed by atoms with Crippen LogP contribution in [0.15, 0.2) is 34.5 Å². The predicted octanol–water partition coefficient (Wildman–Crippen LogP) is 0.0665. The van der Waals surface area contributed by atoms with Gasteiger partial charge in [0, 0.05) is 6.20 Å². The maximum atomic E-state index is 11.7. The molecule has 1 aliphatic rings. The van der Waals surface area contributed by atoms with Crippen LogP contribution >= 0.6 is 7.60 Å². The molecule has 2 rings (SSSR count). The van der Waals surface area contributed by atoms with Gasteiger partial charge in [-0.3, -0.25) is 18.9 Å². The van der Waals surface area contributed by atoms with Gasteiger partial charge in [-0.25, -0.2) is 4.79 Å². The lowest BCUT2D eigenvalue weighted by Gasteiger charge is -2.16. The minimum Gasteiger partial charge on any atom is -0.344 e. The zero-order chi connectivity index (χ0) is 15.6. The summed E-state index contributed by atoms with van der Waals surface area (Å²) in [5.41, 5.74) is -1.07. The number of aromatic amines is 1. The molecular formula is C11H19N4O7P. The molecule has 1 aromatic rings. The monoisotopic (exact) mass is 350 g/mol. The molecule has 1 aromatic heterocycles. The lowest BCUT2D eigenvalue weighted by atomic mass is 10.3. The number of aromatic nitrogens is 2. The van der Waals surface area contributed by atoms with Gasteiger partial charge in [-0.15, -0.1) is 0 Å². The fraction of sp³-hybridized carbons (Fsp3) is 0.273. The van der Waals surface area contributed by atoms with E-state index < -0.39 is 37.7 Å². The number of rotatable bonds is 5. The van der Waals surface area contributed by atoms with Crippen molar-refractivity contribution in [2.45, 2.75) is 12.5 Å². The van der Waals surface area contributed by atoms with Crippen LogP contribution in [-0.4, -0.2) is 32.0 Å². The minimum atomic E-state index is -4.30. The van der Waals surface area contributed by atoms with Crippen molar-refractivity contribution in [2.75, 3.05) is 6.35 Å². The van der Waals surface area contributed by atoms with E-state index in [2.05, 4.69) is 11.6 Å². The highest BCUT2D eigenvalue weighted by Crippen LogP contribution is 2.35. The second-order valence-corrected chi connectivity index (χ2v) is 5.78. The van der Waals surface area contributed by atoms with Crippen LogP contribution in [0.25, 0.3) is 6.08 Å². The molecule has 1 aliphatic heterocycles. The first kappa shape index (κ1) is 21.1. The predicted molar refractivity (Wildman–Crippen MR) is 82.5 cm³/mol. The molecule has 0 saturated carbocycles. The van der Waals surface area contributed by atoms with E-state index >= 15 is 0 Å². The highest BCUT2D eigenvalue weighted by atomic mass is 31.2. The van der Waals surface area contributed by atoms with E-state index in [1.807, 2.05) is 0 Å². The normalized spacial score (nSPS) is 19.7. The van der Waals surface area contributed by atoms with Gasteiger partial charge in [0.15, 0.2) is 18.9 Å². The Labute approximate surface area is 130 Å². The third kappa shape index (κ3) is 5.37. The van der Waals surface area contributed by atoms with Crippen molar-refractivity contribution in [3.05, 3.63) is 51.3 Å². The molecule has 130 valence electrons. The van der Waals surface area contributed by atoms with E-state index in [-0.39, 0.29) is 17.9 Å². The third-order valence-corrected chi connectivity index (χ3v) is 3.09. The summed E-state index contributed by atoms with van der Waals surface area (Å²) in [4.78, 5) is 42.6.